The summed E-state index contributed by atoms with van der Waals surface area (Å²) in [6.45, 7) is 0. The van der Waals surface area contributed by atoms with Gasteiger partial charge in [0.2, 0.25) is 0 Å². The molecule has 0 unspecified atom stereocenters. The second kappa shape index (κ2) is 7.70. The molecule has 0 aliphatic carbocycles. The fourth-order valence-corrected chi connectivity index (χ4v) is 0. The van der Waals surface area contributed by atoms with Crippen LogP contribution in [0.1, 0.15) is 0 Å². The van der Waals surface area contributed by atoms with E-state index in [4.69, 9.17) is 0 Å². The molecule has 0 atom stereocenters. The van der Waals surface area contributed by atoms with Gasteiger partial charge in [-0.2, -0.15) is 0 Å². The van der Waals surface area contributed by atoms with Crippen molar-refractivity contribution in [3.63, 3.8) is 0 Å². The van der Waals surface area contributed by atoms with E-state index < -0.39 is 8.97 Å². The molecule has 0 aromatic heterocycles. The van der Waals surface area contributed by atoms with E-state index in [2.05, 4.69) is 54.4 Å². The van der Waals surface area contributed by atoms with Crippen molar-refractivity contribution in [2.24, 2.45) is 0 Å². The fraction of sp³-hybridized carbons (Fsp3) is 0. The molecule has 0 aliphatic heterocycles. The van der Waals surface area contributed by atoms with Gasteiger partial charge in [0.25, 0.3) is 0 Å². The summed E-state index contributed by atoms with van der Waals surface area (Å²) in [6, 6.07) is 0. The Hall–Kier alpha value is 3.70. The van der Waals surface area contributed by atoms with Gasteiger partial charge in [0.1, 0.15) is 0 Å². The molecule has 0 aromatic carbocycles. The van der Waals surface area contributed by atoms with Crippen molar-refractivity contribution in [3.05, 3.63) is 0 Å². The van der Waals surface area contributed by atoms with Crippen molar-refractivity contribution in [1.29, 1.82) is 0 Å². The third-order valence-corrected chi connectivity index (χ3v) is 0. The van der Waals surface area contributed by atoms with Crippen LogP contribution < -0.4 is 0 Å². The summed E-state index contributed by atoms with van der Waals surface area (Å²) in [4.78, 5) is 0. The predicted octanol–water partition coefficient (Wildman–Crippen LogP) is 1.09. The van der Waals surface area contributed by atoms with Crippen molar-refractivity contribution in [2.75, 3.05) is 0 Å². The Bertz CT molecular complexity index is 11.6. The summed E-state index contributed by atoms with van der Waals surface area (Å²) >= 11 is 7.58. The summed E-state index contributed by atoms with van der Waals surface area (Å²) in [5, 5.41) is 0. The molecule has 0 aromatic rings. The predicted molar refractivity (Wildman–Crippen MR) is 57.8 cm³/mol. The standard InChI is InChI=1S/Ga.3HI.In.3H/h;3*1H;;;;/q;;;;+3;;;/p-3. The Labute approximate surface area is 80.5 Å². The van der Waals surface area contributed by atoms with Crippen LogP contribution in [-0.4, -0.2) is 28.8 Å². The number of hydrogen-bond acceptors (Lipinski definition) is 0. The molecule has 0 heterocycles. The second-order valence-corrected chi connectivity index (χ2v) is 74.7. The van der Waals surface area contributed by atoms with Crippen LogP contribution in [0.25, 0.3) is 0 Å². The van der Waals surface area contributed by atoms with Gasteiger partial charge in [0.05, 0.1) is 0 Å². The summed E-state index contributed by atoms with van der Waals surface area (Å²) in [6.07, 6.45) is 0. The molecular formula is H3GaI3In. The van der Waals surface area contributed by atoms with E-state index in [0.29, 0.717) is 0 Å². The molecule has 0 aliphatic rings. The molecule has 0 saturated heterocycles. The Morgan fingerprint density at radius 1 is 1.00 bits per heavy atom. The zero-order valence-electron chi connectivity index (χ0n) is 1.71. The average molecular weight is 568 g/mol. The van der Waals surface area contributed by atoms with E-state index in [1.165, 1.54) is 0 Å². The molecule has 5 heteroatoms. The first-order valence-electron chi connectivity index (χ1n) is 0.655. The molecule has 0 bridgehead atoms. The Morgan fingerprint density at radius 3 is 1.00 bits per heavy atom. The quantitative estimate of drug-likeness (QED) is 0.304. The van der Waals surface area contributed by atoms with E-state index in [1.54, 1.807) is 0 Å². The molecule has 5 heavy (non-hydrogen) atoms. The molecule has 0 fully saturated rings. The van der Waals surface area contributed by atoms with Crippen LogP contribution in [0.15, 0.2) is 0 Å². The van der Waals surface area contributed by atoms with Crippen LogP contribution in [0.5, 0.6) is 0 Å². The van der Waals surface area contributed by atoms with Gasteiger partial charge in [-0.15, -0.1) is 0 Å². The molecule has 30 valence electrons. The number of rotatable bonds is 0. The zero-order chi connectivity index (χ0) is 3.58. The van der Waals surface area contributed by atoms with E-state index in [9.17, 15) is 0 Å². The van der Waals surface area contributed by atoms with Crippen LogP contribution in [0, 0.1) is 0 Å². The normalized spacial score (nSPS) is 5.40. The van der Waals surface area contributed by atoms with E-state index >= 15 is 0 Å². The molecule has 0 spiro atoms. The maximum absolute atomic E-state index is 2.53. The van der Waals surface area contributed by atoms with Gasteiger partial charge in [0.15, 0.2) is 0 Å². The molecular weight excluding hydrogens is 565 g/mol. The summed E-state index contributed by atoms with van der Waals surface area (Å²) in [5.74, 6) is 0. The molecule has 0 radical (unpaired) electrons. The van der Waals surface area contributed by atoms with Gasteiger partial charge in [-0.25, -0.2) is 0 Å². The average Bonchev–Trinajstić information content (AvgIpc) is 0.811. The molecule has 0 N–H and O–H groups in total. The van der Waals surface area contributed by atoms with E-state index in [0.717, 1.165) is 0 Å². The van der Waals surface area contributed by atoms with Gasteiger partial charge in [0, 0.05) is 0 Å². The van der Waals surface area contributed by atoms with Crippen molar-refractivity contribution >= 4 is 83.2 Å². The van der Waals surface area contributed by atoms with Crippen LogP contribution in [-0.2, 0) is 0 Å². The first kappa shape index (κ1) is 11.5. The summed E-state index contributed by atoms with van der Waals surface area (Å²) in [5.41, 5.74) is 0. The molecule has 0 saturated carbocycles. The Balaban J connectivity index is 0. The van der Waals surface area contributed by atoms with Crippen LogP contribution in [0.2, 0.25) is 0 Å². The second-order valence-electron chi connectivity index (χ2n) is 0.247. The monoisotopic (exact) mass is 568 g/mol. The summed E-state index contributed by atoms with van der Waals surface area (Å²) in [7, 11) is -0.727. The van der Waals surface area contributed by atoms with Gasteiger partial charge in [-0.3, -0.25) is 0 Å². The Morgan fingerprint density at radius 2 is 1.00 bits per heavy atom. The third kappa shape index (κ3) is 18.3. The number of halogens is 3. The van der Waals surface area contributed by atoms with E-state index in [-0.39, 0.29) is 19.8 Å². The van der Waals surface area contributed by atoms with Crippen molar-refractivity contribution < 1.29 is 0 Å². The van der Waals surface area contributed by atoms with Crippen molar-refractivity contribution in [1.82, 2.24) is 0 Å². The first-order chi connectivity index (χ1) is 1.73. The van der Waals surface area contributed by atoms with Gasteiger partial charge in [-0.05, 0) is 0 Å². The minimum absolute atomic E-state index is 0. The van der Waals surface area contributed by atoms with Crippen molar-refractivity contribution in [2.45, 2.75) is 0 Å². The van der Waals surface area contributed by atoms with Crippen LogP contribution in [0.3, 0.4) is 0 Å². The third-order valence-electron chi connectivity index (χ3n) is 0. The summed E-state index contributed by atoms with van der Waals surface area (Å²) < 4.78 is 0. The maximum atomic E-state index is 2.53. The minimum atomic E-state index is -0.727. The van der Waals surface area contributed by atoms with Gasteiger partial charge in [-0.1, -0.05) is 0 Å². The van der Waals surface area contributed by atoms with E-state index in [1.807, 2.05) is 0 Å². The SMILES string of the molecule is [GaH3].[I][In]([I])[I]. The topological polar surface area (TPSA) is 0 Å². The van der Waals surface area contributed by atoms with Crippen LogP contribution in [0.4, 0.5) is 0 Å². The van der Waals surface area contributed by atoms with Crippen molar-refractivity contribution in [3.8, 4) is 0 Å². The van der Waals surface area contributed by atoms with Gasteiger partial charge >= 0.3 is 83.2 Å². The Kier molecular flexibility index (Phi) is 17.7. The van der Waals surface area contributed by atoms with Gasteiger partial charge < -0.3 is 0 Å². The molecule has 0 rings (SSSR count). The molecule has 0 nitrogen and oxygen atoms in total. The fourth-order valence-electron chi connectivity index (χ4n) is 0. The molecule has 0 amide bonds. The number of hydrogen-bond donors (Lipinski definition) is 0. The first-order valence-corrected chi connectivity index (χ1v) is 29.5. The zero-order valence-corrected chi connectivity index (χ0v) is 11.5. The van der Waals surface area contributed by atoms with Crippen LogP contribution >= 0.6 is 54.4 Å².